The van der Waals surface area contributed by atoms with E-state index in [4.69, 9.17) is 5.10 Å². The molecule has 0 unspecified atom stereocenters. The fourth-order valence-corrected chi connectivity index (χ4v) is 4.45. The summed E-state index contributed by atoms with van der Waals surface area (Å²) in [7, 11) is 0. The standard InChI is InChI=1S/C24H26N6O2/c31-22-17-29(12-10-26-22)24(32)23-20-16-28(14-19-7-4-9-25-13-19)11-8-21(20)30(27-23)15-18-5-2-1-3-6-18/h1-7,9,13H,8,10-12,14-17H2,(H,26,31). The van der Waals surface area contributed by atoms with E-state index in [0.717, 1.165) is 41.9 Å². The van der Waals surface area contributed by atoms with Crippen LogP contribution in [0.1, 0.15) is 32.9 Å². The highest BCUT2D eigenvalue weighted by molar-refractivity contribution is 5.97. The third-order valence-electron chi connectivity index (χ3n) is 6.05. The molecular weight excluding hydrogens is 404 g/mol. The quantitative estimate of drug-likeness (QED) is 0.663. The van der Waals surface area contributed by atoms with Gasteiger partial charge in [-0.25, -0.2) is 0 Å². The summed E-state index contributed by atoms with van der Waals surface area (Å²) in [4.78, 5) is 33.4. The van der Waals surface area contributed by atoms with Crippen LogP contribution in [0.25, 0.3) is 0 Å². The molecule has 0 radical (unpaired) electrons. The van der Waals surface area contributed by atoms with Crippen LogP contribution in [0.15, 0.2) is 54.9 Å². The third-order valence-corrected chi connectivity index (χ3v) is 6.05. The van der Waals surface area contributed by atoms with E-state index in [9.17, 15) is 9.59 Å². The SMILES string of the molecule is O=C1CN(C(=O)c2nn(Cc3ccccc3)c3c2CN(Cc2cccnc2)CC3)CCN1. The maximum Gasteiger partial charge on any atom is 0.275 e. The lowest BCUT2D eigenvalue weighted by Crippen LogP contribution is -2.50. The molecule has 32 heavy (non-hydrogen) atoms. The number of carbonyl (C=O) groups excluding carboxylic acids is 2. The molecule has 1 saturated heterocycles. The lowest BCUT2D eigenvalue weighted by molar-refractivity contribution is -0.123. The Labute approximate surface area is 186 Å². The summed E-state index contributed by atoms with van der Waals surface area (Å²) >= 11 is 0. The summed E-state index contributed by atoms with van der Waals surface area (Å²) in [5.74, 6) is -0.286. The molecule has 8 heteroatoms. The summed E-state index contributed by atoms with van der Waals surface area (Å²) in [6.45, 7) is 4.01. The number of nitrogens with one attached hydrogen (secondary N) is 1. The maximum absolute atomic E-state index is 13.4. The van der Waals surface area contributed by atoms with Crippen molar-refractivity contribution in [3.05, 3.63) is 82.9 Å². The zero-order valence-corrected chi connectivity index (χ0v) is 17.9. The molecule has 0 aliphatic carbocycles. The van der Waals surface area contributed by atoms with E-state index in [0.29, 0.717) is 31.9 Å². The summed E-state index contributed by atoms with van der Waals surface area (Å²) in [6, 6.07) is 14.2. The Morgan fingerprint density at radius 1 is 1.00 bits per heavy atom. The van der Waals surface area contributed by atoms with Crippen LogP contribution in [-0.2, 0) is 30.8 Å². The van der Waals surface area contributed by atoms with E-state index < -0.39 is 0 Å². The average molecular weight is 431 g/mol. The molecule has 1 N–H and O–H groups in total. The summed E-state index contributed by atoms with van der Waals surface area (Å²) < 4.78 is 1.98. The van der Waals surface area contributed by atoms with Crippen LogP contribution in [0.2, 0.25) is 0 Å². The van der Waals surface area contributed by atoms with Crippen molar-refractivity contribution >= 4 is 11.8 Å². The van der Waals surface area contributed by atoms with Crippen LogP contribution in [0.3, 0.4) is 0 Å². The van der Waals surface area contributed by atoms with E-state index in [-0.39, 0.29) is 18.4 Å². The Morgan fingerprint density at radius 3 is 2.62 bits per heavy atom. The molecular formula is C24H26N6O2. The minimum atomic E-state index is -0.161. The highest BCUT2D eigenvalue weighted by atomic mass is 16.2. The van der Waals surface area contributed by atoms with Crippen LogP contribution < -0.4 is 5.32 Å². The van der Waals surface area contributed by atoms with Gasteiger partial charge in [0.15, 0.2) is 5.69 Å². The zero-order valence-electron chi connectivity index (χ0n) is 17.9. The van der Waals surface area contributed by atoms with Crippen LogP contribution in [0.4, 0.5) is 0 Å². The zero-order chi connectivity index (χ0) is 21.9. The molecule has 0 spiro atoms. The normalized spacial score (nSPS) is 16.5. The van der Waals surface area contributed by atoms with Crippen molar-refractivity contribution < 1.29 is 9.59 Å². The van der Waals surface area contributed by atoms with E-state index >= 15 is 0 Å². The number of fused-ring (bicyclic) bond motifs is 1. The van der Waals surface area contributed by atoms with Gasteiger partial charge in [-0.1, -0.05) is 36.4 Å². The molecule has 2 amide bonds. The van der Waals surface area contributed by atoms with Crippen molar-refractivity contribution in [2.75, 3.05) is 26.2 Å². The topological polar surface area (TPSA) is 83.4 Å². The van der Waals surface area contributed by atoms with Crippen molar-refractivity contribution in [2.45, 2.75) is 26.1 Å². The molecule has 1 aromatic carbocycles. The largest absolute Gasteiger partial charge is 0.353 e. The van der Waals surface area contributed by atoms with Gasteiger partial charge in [0.2, 0.25) is 5.91 Å². The number of benzene rings is 1. The lowest BCUT2D eigenvalue weighted by Gasteiger charge is -2.29. The summed E-state index contributed by atoms with van der Waals surface area (Å²) in [6.07, 6.45) is 4.48. The maximum atomic E-state index is 13.4. The Hall–Kier alpha value is -3.52. The fraction of sp³-hybridized carbons (Fsp3) is 0.333. The first kappa shape index (κ1) is 20.4. The predicted octanol–water partition coefficient (Wildman–Crippen LogP) is 1.46. The van der Waals surface area contributed by atoms with Crippen molar-refractivity contribution in [1.82, 2.24) is 29.9 Å². The van der Waals surface area contributed by atoms with Crippen LogP contribution in [0.5, 0.6) is 0 Å². The molecule has 4 heterocycles. The van der Waals surface area contributed by atoms with Gasteiger partial charge in [-0.2, -0.15) is 5.10 Å². The Morgan fingerprint density at radius 2 is 1.84 bits per heavy atom. The van der Waals surface area contributed by atoms with Gasteiger partial charge in [-0.3, -0.25) is 24.2 Å². The Balaban J connectivity index is 1.45. The number of aromatic nitrogens is 3. The Kier molecular flexibility index (Phi) is 5.68. The van der Waals surface area contributed by atoms with E-state index in [1.54, 1.807) is 11.1 Å². The van der Waals surface area contributed by atoms with Gasteiger partial charge in [0.05, 0.1) is 13.1 Å². The molecule has 3 aromatic rings. The first-order valence-electron chi connectivity index (χ1n) is 11.0. The molecule has 5 rings (SSSR count). The van der Waals surface area contributed by atoms with Crippen LogP contribution in [-0.4, -0.2) is 62.6 Å². The third kappa shape index (κ3) is 4.27. The average Bonchev–Trinajstić information content (AvgIpc) is 3.17. The van der Waals surface area contributed by atoms with Gasteiger partial charge in [0.25, 0.3) is 5.91 Å². The van der Waals surface area contributed by atoms with Gasteiger partial charge in [-0.15, -0.1) is 0 Å². The molecule has 0 atom stereocenters. The predicted molar refractivity (Wildman–Crippen MR) is 119 cm³/mol. The number of nitrogens with zero attached hydrogens (tertiary/aromatic N) is 5. The minimum absolute atomic E-state index is 0.0819. The molecule has 0 bridgehead atoms. The fourth-order valence-electron chi connectivity index (χ4n) is 4.45. The minimum Gasteiger partial charge on any atom is -0.353 e. The highest BCUT2D eigenvalue weighted by Gasteiger charge is 2.32. The van der Waals surface area contributed by atoms with E-state index in [2.05, 4.69) is 33.4 Å². The van der Waals surface area contributed by atoms with Gasteiger partial charge < -0.3 is 10.2 Å². The van der Waals surface area contributed by atoms with Gasteiger partial charge >= 0.3 is 0 Å². The number of hydrogen-bond donors (Lipinski definition) is 1. The first-order chi connectivity index (χ1) is 15.7. The van der Waals surface area contributed by atoms with E-state index in [1.807, 2.05) is 35.1 Å². The number of piperazine rings is 1. The molecule has 8 nitrogen and oxygen atoms in total. The van der Waals surface area contributed by atoms with Gasteiger partial charge in [-0.05, 0) is 17.2 Å². The van der Waals surface area contributed by atoms with Crippen molar-refractivity contribution in [2.24, 2.45) is 0 Å². The highest BCUT2D eigenvalue weighted by Crippen LogP contribution is 2.26. The van der Waals surface area contributed by atoms with E-state index in [1.165, 1.54) is 0 Å². The molecule has 164 valence electrons. The first-order valence-corrected chi connectivity index (χ1v) is 11.0. The smallest absolute Gasteiger partial charge is 0.275 e. The molecule has 0 saturated carbocycles. The molecule has 2 aliphatic rings. The summed E-state index contributed by atoms with van der Waals surface area (Å²) in [5, 5.41) is 7.56. The number of rotatable bonds is 5. The molecule has 2 aliphatic heterocycles. The lowest BCUT2D eigenvalue weighted by atomic mass is 10.0. The van der Waals surface area contributed by atoms with Crippen molar-refractivity contribution in [1.29, 1.82) is 0 Å². The number of pyridine rings is 1. The van der Waals surface area contributed by atoms with Crippen LogP contribution in [0, 0.1) is 0 Å². The van der Waals surface area contributed by atoms with Crippen LogP contribution >= 0.6 is 0 Å². The number of hydrogen-bond acceptors (Lipinski definition) is 5. The van der Waals surface area contributed by atoms with Gasteiger partial charge in [0.1, 0.15) is 0 Å². The second kappa shape index (κ2) is 8.92. The monoisotopic (exact) mass is 430 g/mol. The Bertz CT molecular complexity index is 1110. The molecule has 1 fully saturated rings. The second-order valence-corrected chi connectivity index (χ2v) is 8.32. The number of carbonyl (C=O) groups is 2. The summed E-state index contributed by atoms with van der Waals surface area (Å²) in [5.41, 5.74) is 4.86. The van der Waals surface area contributed by atoms with Crippen molar-refractivity contribution in [3.8, 4) is 0 Å². The van der Waals surface area contributed by atoms with Crippen molar-refractivity contribution in [3.63, 3.8) is 0 Å². The second-order valence-electron chi connectivity index (χ2n) is 8.32. The van der Waals surface area contributed by atoms with Gasteiger partial charge in [0, 0.05) is 62.8 Å². The molecule has 2 aromatic heterocycles. The number of amides is 2.